The molecule has 0 bridgehead atoms. The molecule has 6 rings (SSSR count). The highest BCUT2D eigenvalue weighted by Crippen LogP contribution is 2.52. The zero-order valence-corrected chi connectivity index (χ0v) is 22.9. The average molecular weight is 652 g/mol. The van der Waals surface area contributed by atoms with Crippen LogP contribution in [0.4, 0.5) is 43.9 Å². The summed E-state index contributed by atoms with van der Waals surface area (Å²) in [5.41, 5.74) is 2.92. The van der Waals surface area contributed by atoms with E-state index in [0.717, 1.165) is 48.5 Å². The Morgan fingerprint density at radius 2 is 1.20 bits per heavy atom. The molecule has 0 spiro atoms. The van der Waals surface area contributed by atoms with Crippen LogP contribution in [-0.4, -0.2) is 25.0 Å². The third-order valence-corrected chi connectivity index (χ3v) is 7.62. The molecule has 0 radical (unpaired) electrons. The van der Waals surface area contributed by atoms with E-state index in [9.17, 15) is 48.7 Å². The topological polar surface area (TPSA) is 74.3 Å². The number of halogens is 10. The molecule has 1 aliphatic carbocycles. The van der Waals surface area contributed by atoms with Gasteiger partial charge in [0.05, 0.1) is 22.7 Å². The van der Waals surface area contributed by atoms with Crippen molar-refractivity contribution in [2.24, 2.45) is 5.73 Å². The quantitative estimate of drug-likeness (QED) is 0.113. The lowest BCUT2D eigenvalue weighted by atomic mass is 9.91. The van der Waals surface area contributed by atoms with Gasteiger partial charge >= 0.3 is 24.8 Å². The van der Waals surface area contributed by atoms with Gasteiger partial charge in [-0.05, 0) is 87.5 Å². The van der Waals surface area contributed by atoms with Crippen LogP contribution in [0.1, 0.15) is 32.6 Å². The second-order valence-electron chi connectivity index (χ2n) is 10.6. The van der Waals surface area contributed by atoms with Gasteiger partial charge in [-0.25, -0.2) is 0 Å². The molecular formula is C32H18F10N2O2. The Morgan fingerprint density at radius 1 is 0.696 bits per heavy atom. The Kier molecular flexibility index (Phi) is 7.19. The third-order valence-electron chi connectivity index (χ3n) is 7.62. The Balaban J connectivity index is 1.66. The third kappa shape index (κ3) is 5.80. The van der Waals surface area contributed by atoms with E-state index < -0.39 is 58.8 Å². The number of hydrogen-bond donors (Lipinski definition) is 2. The van der Waals surface area contributed by atoms with Crippen LogP contribution in [0, 0.1) is 0 Å². The number of rotatable bonds is 5. The molecule has 4 aromatic rings. The van der Waals surface area contributed by atoms with Crippen molar-refractivity contribution in [1.82, 2.24) is 5.32 Å². The number of nitrogens with two attached hydrogens (primary N) is 1. The predicted molar refractivity (Wildman–Crippen MR) is 147 cm³/mol. The maximum Gasteiger partial charge on any atom is 0.573 e. The molecular weight excluding hydrogens is 634 g/mol. The summed E-state index contributed by atoms with van der Waals surface area (Å²) in [5.74, 6) is -0.868. The van der Waals surface area contributed by atoms with Crippen LogP contribution in [0.5, 0.6) is 5.75 Å². The van der Waals surface area contributed by atoms with Gasteiger partial charge in [0.1, 0.15) is 5.75 Å². The minimum absolute atomic E-state index is 0.0228. The molecule has 1 unspecified atom stereocenters. The van der Waals surface area contributed by atoms with Crippen molar-refractivity contribution in [1.29, 1.82) is 0 Å². The number of fused-ring (bicyclic) bond motifs is 3. The van der Waals surface area contributed by atoms with E-state index >= 15 is 0 Å². The maximum atomic E-state index is 14.5. The van der Waals surface area contributed by atoms with Gasteiger partial charge in [0.15, 0.2) is 0 Å². The highest BCUT2D eigenvalue weighted by Gasteiger charge is 2.38. The van der Waals surface area contributed by atoms with Gasteiger partial charge < -0.3 is 15.8 Å². The van der Waals surface area contributed by atoms with Crippen molar-refractivity contribution in [3.63, 3.8) is 0 Å². The fourth-order valence-electron chi connectivity index (χ4n) is 5.51. The smallest absolute Gasteiger partial charge is 0.405 e. The van der Waals surface area contributed by atoms with Crippen LogP contribution >= 0.6 is 0 Å². The zero-order valence-electron chi connectivity index (χ0n) is 22.9. The molecule has 1 saturated heterocycles. The number of alkyl halides is 9. The maximum absolute atomic E-state index is 14.5. The Bertz CT molecular complexity index is 1940. The second-order valence-corrected chi connectivity index (χ2v) is 10.6. The molecule has 14 heteroatoms. The number of ether oxygens (including phenoxy) is 1. The summed E-state index contributed by atoms with van der Waals surface area (Å²) < 4.78 is 141. The monoisotopic (exact) mass is 652 g/mol. The predicted octanol–water partition coefficient (Wildman–Crippen LogP) is 8.74. The lowest BCUT2D eigenvalue weighted by Gasteiger charge is -2.17. The number of carbonyl (C=O) groups excluding carboxylic acids is 1. The fraction of sp³-hybridized carbons (Fsp3) is 0.156. The van der Waals surface area contributed by atoms with Gasteiger partial charge in [0.25, 0.3) is 0 Å². The van der Waals surface area contributed by atoms with Crippen molar-refractivity contribution in [2.75, 3.05) is 6.54 Å². The van der Waals surface area contributed by atoms with Gasteiger partial charge in [-0.15, -0.1) is 13.2 Å². The van der Waals surface area contributed by atoms with Crippen LogP contribution in [0.25, 0.3) is 39.0 Å². The number of benzene rings is 4. The zero-order chi connectivity index (χ0) is 33.3. The summed E-state index contributed by atoms with van der Waals surface area (Å²) in [4.78, 5) is 12.2. The van der Waals surface area contributed by atoms with E-state index in [4.69, 9.17) is 5.73 Å². The van der Waals surface area contributed by atoms with Crippen LogP contribution in [0.2, 0.25) is 0 Å². The van der Waals surface area contributed by atoms with E-state index in [1.807, 2.05) is 0 Å². The first-order chi connectivity index (χ1) is 21.4. The van der Waals surface area contributed by atoms with Crippen molar-refractivity contribution < 1.29 is 53.4 Å². The van der Waals surface area contributed by atoms with Crippen molar-refractivity contribution >= 4 is 11.6 Å². The van der Waals surface area contributed by atoms with E-state index in [2.05, 4.69) is 10.1 Å². The van der Waals surface area contributed by atoms with Gasteiger partial charge in [0, 0.05) is 23.4 Å². The summed E-state index contributed by atoms with van der Waals surface area (Å²) in [5, 5.41) is 2.93. The Labute approximate surface area is 253 Å². The van der Waals surface area contributed by atoms with Gasteiger partial charge in [-0.2, -0.15) is 30.7 Å². The molecule has 1 fully saturated rings. The molecule has 4 nitrogen and oxygen atoms in total. The van der Waals surface area contributed by atoms with Crippen molar-refractivity contribution in [3.8, 4) is 39.1 Å². The minimum atomic E-state index is -5.27. The van der Waals surface area contributed by atoms with E-state index in [-0.39, 0.29) is 50.2 Å². The second kappa shape index (κ2) is 10.6. The standard InChI is InChI=1S/C32H18F10N2O2/c33-29(45)24-11-22-20(9-18(24)14-3-1-5-16(7-14)30(34,35)36)21-10-19(15-4-2-6-17(8-15)31(37,38)39)26(46-32(40,41)42)12-23(21)27(22)28(43)25-13-44-25/h1-12,25,44H,13,43H2/b28-27+. The Morgan fingerprint density at radius 3 is 1.67 bits per heavy atom. The normalized spacial score (nSPS) is 17.0. The van der Waals surface area contributed by atoms with Crippen molar-refractivity contribution in [2.45, 2.75) is 24.8 Å². The van der Waals surface area contributed by atoms with Crippen LogP contribution in [0.3, 0.4) is 0 Å². The fourth-order valence-corrected chi connectivity index (χ4v) is 5.51. The van der Waals surface area contributed by atoms with E-state index in [0.29, 0.717) is 18.7 Å². The molecule has 1 aliphatic heterocycles. The minimum Gasteiger partial charge on any atom is -0.405 e. The molecule has 0 saturated carbocycles. The van der Waals surface area contributed by atoms with Crippen LogP contribution in [0.15, 0.2) is 78.5 Å². The first-order valence-corrected chi connectivity index (χ1v) is 13.3. The first-order valence-electron chi connectivity index (χ1n) is 13.3. The summed E-state index contributed by atoms with van der Waals surface area (Å²) in [6.07, 6.45) is -14.9. The molecule has 4 aromatic carbocycles. The summed E-state index contributed by atoms with van der Waals surface area (Å²) in [7, 11) is 0. The highest BCUT2D eigenvalue weighted by molar-refractivity contribution is 6.08. The van der Waals surface area contributed by atoms with Crippen LogP contribution < -0.4 is 15.8 Å². The molecule has 2 aliphatic rings. The Hall–Kier alpha value is -4.85. The summed E-state index contributed by atoms with van der Waals surface area (Å²) >= 11 is 0. The summed E-state index contributed by atoms with van der Waals surface area (Å²) in [6, 6.07) is 9.15. The number of hydrogen-bond acceptors (Lipinski definition) is 4. The van der Waals surface area contributed by atoms with Crippen LogP contribution in [-0.2, 0) is 12.4 Å². The largest absolute Gasteiger partial charge is 0.573 e. The molecule has 3 N–H and O–H groups in total. The van der Waals surface area contributed by atoms with Crippen molar-refractivity contribution in [3.05, 3.63) is 106 Å². The number of carbonyl (C=O) groups is 1. The molecule has 46 heavy (non-hydrogen) atoms. The van der Waals surface area contributed by atoms with Gasteiger partial charge in [-0.3, -0.25) is 4.79 Å². The first kappa shape index (κ1) is 31.1. The molecule has 1 atom stereocenters. The average Bonchev–Trinajstić information content (AvgIpc) is 3.77. The highest BCUT2D eigenvalue weighted by atomic mass is 19.4. The summed E-state index contributed by atoms with van der Waals surface area (Å²) in [6.45, 7) is 0.380. The molecule has 238 valence electrons. The van der Waals surface area contributed by atoms with Gasteiger partial charge in [-0.1, -0.05) is 24.3 Å². The SMILES string of the molecule is N/C(=C1/c2cc(OC(F)(F)F)c(-c3cccc(C(F)(F)F)c3)cc2-c2cc(-c3cccc(C(F)(F)F)c3)c(C(=O)F)cc21)C1CN1. The lowest BCUT2D eigenvalue weighted by molar-refractivity contribution is -0.274. The molecule has 1 heterocycles. The molecule has 0 amide bonds. The molecule has 0 aromatic heterocycles. The lowest BCUT2D eigenvalue weighted by Crippen LogP contribution is -2.18. The van der Waals surface area contributed by atoms with Gasteiger partial charge in [0.2, 0.25) is 0 Å². The number of nitrogens with one attached hydrogen (secondary N) is 1. The van der Waals surface area contributed by atoms with E-state index in [1.54, 1.807) is 0 Å². The van der Waals surface area contributed by atoms with E-state index in [1.165, 1.54) is 12.1 Å².